The predicted molar refractivity (Wildman–Crippen MR) is 93.9 cm³/mol. The fourth-order valence-corrected chi connectivity index (χ4v) is 2.04. The van der Waals surface area contributed by atoms with Gasteiger partial charge in [0.05, 0.1) is 6.61 Å². The Bertz CT molecular complexity index is 662. The van der Waals surface area contributed by atoms with Crippen LogP contribution in [0.5, 0.6) is 5.75 Å². The second-order valence-corrected chi connectivity index (χ2v) is 5.05. The number of nitrogens with one attached hydrogen (secondary N) is 2. The number of anilines is 1. The SMILES string of the molecule is COCCOc1cccc(NC(=S)NC(=O)c2ccccc2)c1. The lowest BCUT2D eigenvalue weighted by atomic mass is 10.2. The lowest BCUT2D eigenvalue weighted by Crippen LogP contribution is -2.34. The summed E-state index contributed by atoms with van der Waals surface area (Å²) in [5.74, 6) is 0.444. The van der Waals surface area contributed by atoms with Gasteiger partial charge in [0.15, 0.2) is 5.11 Å². The van der Waals surface area contributed by atoms with Gasteiger partial charge in [-0.15, -0.1) is 0 Å². The second kappa shape index (κ2) is 8.87. The molecule has 0 fully saturated rings. The first kappa shape index (κ1) is 16.9. The molecule has 120 valence electrons. The molecular weight excluding hydrogens is 312 g/mol. The second-order valence-electron chi connectivity index (χ2n) is 4.64. The highest BCUT2D eigenvalue weighted by atomic mass is 32.1. The van der Waals surface area contributed by atoms with Gasteiger partial charge < -0.3 is 14.8 Å². The van der Waals surface area contributed by atoms with Crippen LogP contribution in [0.25, 0.3) is 0 Å². The standard InChI is InChI=1S/C17H18N2O3S/c1-21-10-11-22-15-9-5-8-14(12-15)18-17(23)19-16(20)13-6-3-2-4-7-13/h2-9,12H,10-11H2,1H3,(H2,18,19,20,23). The zero-order valence-corrected chi connectivity index (χ0v) is 13.6. The molecule has 0 unspecified atom stereocenters. The molecular formula is C17H18N2O3S. The summed E-state index contributed by atoms with van der Waals surface area (Å²) in [4.78, 5) is 12.0. The van der Waals surface area contributed by atoms with E-state index in [0.717, 1.165) is 5.69 Å². The van der Waals surface area contributed by atoms with Gasteiger partial charge in [0.25, 0.3) is 5.91 Å². The summed E-state index contributed by atoms with van der Waals surface area (Å²) in [6.45, 7) is 0.984. The normalized spacial score (nSPS) is 9.96. The number of methoxy groups -OCH3 is 1. The van der Waals surface area contributed by atoms with E-state index in [-0.39, 0.29) is 11.0 Å². The highest BCUT2D eigenvalue weighted by Crippen LogP contribution is 2.17. The minimum absolute atomic E-state index is 0.230. The number of carbonyl (C=O) groups is 1. The number of ether oxygens (including phenoxy) is 2. The van der Waals surface area contributed by atoms with Crippen LogP contribution in [0.4, 0.5) is 5.69 Å². The van der Waals surface area contributed by atoms with Crippen LogP contribution in [0, 0.1) is 0 Å². The lowest BCUT2D eigenvalue weighted by Gasteiger charge is -2.11. The maximum Gasteiger partial charge on any atom is 0.257 e. The summed E-state index contributed by atoms with van der Waals surface area (Å²) in [6.07, 6.45) is 0. The average Bonchev–Trinajstić information content (AvgIpc) is 2.56. The molecule has 2 N–H and O–H groups in total. The van der Waals surface area contributed by atoms with E-state index >= 15 is 0 Å². The molecule has 2 rings (SSSR count). The van der Waals surface area contributed by atoms with Gasteiger partial charge in [0.2, 0.25) is 0 Å². The number of thiocarbonyl (C=S) groups is 1. The van der Waals surface area contributed by atoms with Crippen molar-refractivity contribution in [3.05, 3.63) is 60.2 Å². The fraction of sp³-hybridized carbons (Fsp3) is 0.176. The van der Waals surface area contributed by atoms with Gasteiger partial charge in [0.1, 0.15) is 12.4 Å². The van der Waals surface area contributed by atoms with Gasteiger partial charge in [0, 0.05) is 24.4 Å². The average molecular weight is 330 g/mol. The summed E-state index contributed by atoms with van der Waals surface area (Å²) in [6, 6.07) is 16.2. The van der Waals surface area contributed by atoms with Gasteiger partial charge in [-0.1, -0.05) is 24.3 Å². The van der Waals surface area contributed by atoms with Gasteiger partial charge in [-0.05, 0) is 36.5 Å². The van der Waals surface area contributed by atoms with Gasteiger partial charge >= 0.3 is 0 Å². The highest BCUT2D eigenvalue weighted by Gasteiger charge is 2.07. The van der Waals surface area contributed by atoms with Gasteiger partial charge in [-0.25, -0.2) is 0 Å². The first-order valence-corrected chi connectivity index (χ1v) is 7.49. The van der Waals surface area contributed by atoms with Crippen LogP contribution in [0.1, 0.15) is 10.4 Å². The minimum atomic E-state index is -0.254. The smallest absolute Gasteiger partial charge is 0.257 e. The Morgan fingerprint density at radius 2 is 1.87 bits per heavy atom. The predicted octanol–water partition coefficient (Wildman–Crippen LogP) is 2.84. The molecule has 0 aliphatic rings. The number of hydrogen-bond donors (Lipinski definition) is 2. The van der Waals surface area contributed by atoms with Crippen molar-refractivity contribution in [2.45, 2.75) is 0 Å². The van der Waals surface area contributed by atoms with Crippen molar-refractivity contribution >= 4 is 28.9 Å². The Morgan fingerprint density at radius 1 is 1.09 bits per heavy atom. The van der Waals surface area contributed by atoms with E-state index in [0.29, 0.717) is 24.5 Å². The maximum absolute atomic E-state index is 12.0. The third-order valence-corrected chi connectivity index (χ3v) is 3.12. The zero-order valence-electron chi connectivity index (χ0n) is 12.7. The molecule has 0 bridgehead atoms. The van der Waals surface area contributed by atoms with Crippen molar-refractivity contribution in [3.63, 3.8) is 0 Å². The quantitative estimate of drug-likeness (QED) is 0.630. The topological polar surface area (TPSA) is 59.6 Å². The Balaban J connectivity index is 1.90. The number of rotatable bonds is 6. The maximum atomic E-state index is 12.0. The number of benzene rings is 2. The Hall–Kier alpha value is -2.44. The first-order chi connectivity index (χ1) is 11.2. The van der Waals surface area contributed by atoms with E-state index in [1.165, 1.54) is 0 Å². The van der Waals surface area contributed by atoms with E-state index in [9.17, 15) is 4.79 Å². The zero-order chi connectivity index (χ0) is 16.5. The Labute approximate surface area is 140 Å². The number of amides is 1. The van der Waals surface area contributed by atoms with Crippen molar-refractivity contribution in [3.8, 4) is 5.75 Å². The molecule has 0 aromatic heterocycles. The van der Waals surface area contributed by atoms with Gasteiger partial charge in [-0.2, -0.15) is 0 Å². The molecule has 0 saturated heterocycles. The molecule has 0 radical (unpaired) electrons. The lowest BCUT2D eigenvalue weighted by molar-refractivity contribution is 0.0977. The summed E-state index contributed by atoms with van der Waals surface area (Å²) < 4.78 is 10.5. The van der Waals surface area contributed by atoms with E-state index in [4.69, 9.17) is 21.7 Å². The molecule has 0 aliphatic carbocycles. The van der Waals surface area contributed by atoms with Crippen LogP contribution in [0.2, 0.25) is 0 Å². The summed E-state index contributed by atoms with van der Waals surface area (Å²) in [7, 11) is 1.62. The molecule has 6 heteroatoms. The molecule has 0 heterocycles. The molecule has 5 nitrogen and oxygen atoms in total. The van der Waals surface area contributed by atoms with E-state index in [1.807, 2.05) is 24.3 Å². The van der Waals surface area contributed by atoms with Crippen LogP contribution in [-0.2, 0) is 4.74 Å². The Kier molecular flexibility index (Phi) is 6.53. The van der Waals surface area contributed by atoms with Gasteiger partial charge in [-0.3, -0.25) is 10.1 Å². The summed E-state index contributed by atoms with van der Waals surface area (Å²) in [5.41, 5.74) is 1.28. The fourth-order valence-electron chi connectivity index (χ4n) is 1.83. The van der Waals surface area contributed by atoms with E-state index in [2.05, 4.69) is 10.6 Å². The van der Waals surface area contributed by atoms with E-state index in [1.54, 1.807) is 37.4 Å². The molecule has 0 spiro atoms. The van der Waals surface area contributed by atoms with Crippen molar-refractivity contribution < 1.29 is 14.3 Å². The molecule has 2 aromatic rings. The number of hydrogen-bond acceptors (Lipinski definition) is 4. The number of carbonyl (C=O) groups excluding carboxylic acids is 1. The summed E-state index contributed by atoms with van der Waals surface area (Å²) in [5, 5.41) is 5.83. The van der Waals surface area contributed by atoms with Crippen LogP contribution in [0.3, 0.4) is 0 Å². The Morgan fingerprint density at radius 3 is 2.61 bits per heavy atom. The molecule has 0 atom stereocenters. The van der Waals surface area contributed by atoms with Crippen molar-refractivity contribution in [1.82, 2.24) is 5.32 Å². The van der Waals surface area contributed by atoms with Crippen molar-refractivity contribution in [2.24, 2.45) is 0 Å². The molecule has 0 aliphatic heterocycles. The van der Waals surface area contributed by atoms with Crippen LogP contribution >= 0.6 is 12.2 Å². The molecule has 1 amide bonds. The van der Waals surface area contributed by atoms with Crippen LogP contribution in [0.15, 0.2) is 54.6 Å². The van der Waals surface area contributed by atoms with Crippen LogP contribution < -0.4 is 15.4 Å². The molecule has 0 saturated carbocycles. The monoisotopic (exact) mass is 330 g/mol. The highest BCUT2D eigenvalue weighted by molar-refractivity contribution is 7.80. The van der Waals surface area contributed by atoms with E-state index < -0.39 is 0 Å². The third kappa shape index (κ3) is 5.69. The third-order valence-electron chi connectivity index (χ3n) is 2.91. The minimum Gasteiger partial charge on any atom is -0.491 e. The largest absolute Gasteiger partial charge is 0.491 e. The van der Waals surface area contributed by atoms with Crippen LogP contribution in [-0.4, -0.2) is 31.3 Å². The summed E-state index contributed by atoms with van der Waals surface area (Å²) >= 11 is 5.16. The van der Waals surface area contributed by atoms with Crippen molar-refractivity contribution in [2.75, 3.05) is 25.6 Å². The first-order valence-electron chi connectivity index (χ1n) is 7.08. The molecule has 2 aromatic carbocycles. The van der Waals surface area contributed by atoms with Crippen molar-refractivity contribution in [1.29, 1.82) is 0 Å². The molecule has 23 heavy (non-hydrogen) atoms.